The van der Waals surface area contributed by atoms with Gasteiger partial charge < -0.3 is 4.74 Å². The van der Waals surface area contributed by atoms with E-state index in [0.717, 1.165) is 16.7 Å². The highest BCUT2D eigenvalue weighted by Gasteiger charge is 2.31. The predicted molar refractivity (Wildman–Crippen MR) is 98.8 cm³/mol. The van der Waals surface area contributed by atoms with Crippen LogP contribution in [-0.2, 0) is 14.8 Å². The zero-order valence-electron chi connectivity index (χ0n) is 14.6. The number of benzene rings is 1. The predicted octanol–water partition coefficient (Wildman–Crippen LogP) is 2.95. The zero-order chi connectivity index (χ0) is 17.9. The first-order valence-electron chi connectivity index (χ1n) is 8.56. The van der Waals surface area contributed by atoms with Gasteiger partial charge in [0.25, 0.3) is 0 Å². The first-order valence-corrected chi connectivity index (χ1v) is 10.1. The molecule has 5 nitrogen and oxygen atoms in total. The Balaban J connectivity index is 1.81. The average Bonchev–Trinajstić information content (AvgIpc) is 2.63. The van der Waals surface area contributed by atoms with Gasteiger partial charge in [-0.2, -0.15) is 0 Å². The van der Waals surface area contributed by atoms with E-state index in [1.54, 1.807) is 20.0 Å². The smallest absolute Gasteiger partial charge is 0.214 e. The molecule has 1 aromatic heterocycles. The monoisotopic (exact) mass is 360 g/mol. The maximum absolute atomic E-state index is 12.3. The number of nitrogens with one attached hydrogen (secondary N) is 1. The molecule has 0 amide bonds. The highest BCUT2D eigenvalue weighted by Crippen LogP contribution is 2.29. The van der Waals surface area contributed by atoms with Crippen LogP contribution in [0.5, 0.6) is 0 Å². The quantitative estimate of drug-likeness (QED) is 0.890. The van der Waals surface area contributed by atoms with Crippen molar-refractivity contribution in [1.82, 2.24) is 9.71 Å². The molecule has 1 aliphatic rings. The van der Waals surface area contributed by atoms with Crippen LogP contribution in [0.2, 0.25) is 0 Å². The Bertz CT molecular complexity index is 789. The van der Waals surface area contributed by atoms with Crippen LogP contribution in [-0.4, -0.2) is 37.9 Å². The van der Waals surface area contributed by atoms with Crippen LogP contribution < -0.4 is 4.72 Å². The van der Waals surface area contributed by atoms with Crippen molar-refractivity contribution in [3.8, 4) is 11.1 Å². The van der Waals surface area contributed by atoms with E-state index in [4.69, 9.17) is 4.74 Å². The third kappa shape index (κ3) is 4.26. The zero-order valence-corrected chi connectivity index (χ0v) is 15.4. The van der Waals surface area contributed by atoms with Crippen LogP contribution in [0.15, 0.2) is 48.8 Å². The summed E-state index contributed by atoms with van der Waals surface area (Å²) in [5.74, 6) is 0.0187. The van der Waals surface area contributed by atoms with E-state index in [9.17, 15) is 8.42 Å². The highest BCUT2D eigenvalue weighted by molar-refractivity contribution is 7.90. The molecule has 0 bridgehead atoms. The molecule has 2 aromatic rings. The van der Waals surface area contributed by atoms with Crippen LogP contribution in [0.25, 0.3) is 11.1 Å². The molecule has 1 unspecified atom stereocenters. The van der Waals surface area contributed by atoms with Crippen molar-refractivity contribution >= 4 is 10.0 Å². The minimum Gasteiger partial charge on any atom is -0.381 e. The fraction of sp³-hybridized carbons (Fsp3) is 0.421. The molecule has 1 aliphatic heterocycles. The van der Waals surface area contributed by atoms with Crippen LogP contribution in [0.4, 0.5) is 0 Å². The Kier molecular flexibility index (Phi) is 5.51. The third-order valence-corrected chi connectivity index (χ3v) is 6.50. The summed E-state index contributed by atoms with van der Waals surface area (Å²) in [6.45, 7) is 4.49. The molecule has 25 heavy (non-hydrogen) atoms. The molecule has 2 atom stereocenters. The molecule has 1 N–H and O–H groups in total. The Morgan fingerprint density at radius 2 is 1.92 bits per heavy atom. The van der Waals surface area contributed by atoms with Crippen LogP contribution in [0.1, 0.15) is 31.7 Å². The van der Waals surface area contributed by atoms with Gasteiger partial charge >= 0.3 is 0 Å². The lowest BCUT2D eigenvalue weighted by Gasteiger charge is -2.33. The summed E-state index contributed by atoms with van der Waals surface area (Å²) in [5, 5.41) is -0.441. The second-order valence-electron chi connectivity index (χ2n) is 6.65. The topological polar surface area (TPSA) is 68.3 Å². The van der Waals surface area contributed by atoms with Gasteiger partial charge in [0.15, 0.2) is 0 Å². The molecule has 1 fully saturated rings. The number of rotatable bonds is 5. The van der Waals surface area contributed by atoms with Crippen molar-refractivity contribution in [2.45, 2.75) is 37.5 Å². The molecule has 1 saturated heterocycles. The van der Waals surface area contributed by atoms with Gasteiger partial charge in [0, 0.05) is 31.0 Å². The minimum atomic E-state index is -3.30. The van der Waals surface area contributed by atoms with Crippen LogP contribution >= 0.6 is 0 Å². The normalized spacial score (nSPS) is 21.4. The molecule has 0 radical (unpaired) electrons. The largest absolute Gasteiger partial charge is 0.381 e. The second-order valence-corrected chi connectivity index (χ2v) is 8.92. The van der Waals surface area contributed by atoms with Crippen molar-refractivity contribution in [2.75, 3.05) is 13.2 Å². The van der Waals surface area contributed by atoms with Gasteiger partial charge in [-0.3, -0.25) is 4.98 Å². The summed E-state index contributed by atoms with van der Waals surface area (Å²) in [7, 11) is -3.30. The number of aromatic nitrogens is 1. The van der Waals surface area contributed by atoms with E-state index in [2.05, 4.69) is 34.0 Å². The highest BCUT2D eigenvalue weighted by atomic mass is 32.2. The van der Waals surface area contributed by atoms with Crippen LogP contribution in [0, 0.1) is 0 Å². The molecule has 2 heterocycles. The van der Waals surface area contributed by atoms with Gasteiger partial charge in [-0.15, -0.1) is 0 Å². The van der Waals surface area contributed by atoms with Crippen molar-refractivity contribution in [1.29, 1.82) is 0 Å². The molecule has 0 aliphatic carbocycles. The average molecular weight is 360 g/mol. The Hall–Kier alpha value is -1.76. The molecule has 0 spiro atoms. The summed E-state index contributed by atoms with van der Waals surface area (Å²) in [4.78, 5) is 4.15. The van der Waals surface area contributed by atoms with Gasteiger partial charge in [0.2, 0.25) is 10.0 Å². The summed E-state index contributed by atoms with van der Waals surface area (Å²) in [5.41, 5.74) is 3.24. The van der Waals surface area contributed by atoms with Crippen molar-refractivity contribution in [3.05, 3.63) is 54.4 Å². The maximum Gasteiger partial charge on any atom is 0.214 e. The van der Waals surface area contributed by atoms with E-state index in [1.165, 1.54) is 0 Å². The molecule has 1 aromatic carbocycles. The van der Waals surface area contributed by atoms with E-state index in [-0.39, 0.29) is 12.0 Å². The van der Waals surface area contributed by atoms with Gasteiger partial charge in [0.05, 0.1) is 11.9 Å². The third-order valence-electron chi connectivity index (χ3n) is 4.63. The summed E-state index contributed by atoms with van der Waals surface area (Å²) < 4.78 is 33.0. The van der Waals surface area contributed by atoms with Crippen molar-refractivity contribution < 1.29 is 13.2 Å². The maximum atomic E-state index is 12.3. The lowest BCUT2D eigenvalue weighted by atomic mass is 9.88. The van der Waals surface area contributed by atoms with E-state index < -0.39 is 15.3 Å². The van der Waals surface area contributed by atoms with Gasteiger partial charge in [-0.1, -0.05) is 30.3 Å². The molecule has 3 rings (SSSR count). The summed E-state index contributed by atoms with van der Waals surface area (Å²) in [6, 6.07) is 12.0. The van der Waals surface area contributed by atoms with Crippen LogP contribution in [0.3, 0.4) is 0 Å². The number of ether oxygens (including phenoxy) is 1. The number of nitrogens with zero attached hydrogens (tertiary/aromatic N) is 1. The first-order chi connectivity index (χ1) is 12.0. The Morgan fingerprint density at radius 3 is 2.56 bits per heavy atom. The standard InChI is InChI=1S/C19H24N2O3S/c1-14(2)25(22,23)21-19-9-11-24-13-18(19)16-7-5-15(6-8-16)17-4-3-10-20-12-17/h3-8,10,12,14,18-19,21H,9,11,13H2,1-2H3/t18?,19-/m1/s1. The number of hydrogen-bond acceptors (Lipinski definition) is 4. The molecule has 0 saturated carbocycles. The van der Waals surface area contributed by atoms with Crippen molar-refractivity contribution in [2.24, 2.45) is 0 Å². The molecule has 6 heteroatoms. The lowest BCUT2D eigenvalue weighted by Crippen LogP contribution is -2.46. The number of hydrogen-bond donors (Lipinski definition) is 1. The first kappa shape index (κ1) is 18.0. The fourth-order valence-electron chi connectivity index (χ4n) is 3.01. The number of sulfonamides is 1. The summed E-state index contributed by atoms with van der Waals surface area (Å²) >= 11 is 0. The molecular weight excluding hydrogens is 336 g/mol. The van der Waals surface area contributed by atoms with Gasteiger partial charge in [-0.05, 0) is 43.0 Å². The molecular formula is C19H24N2O3S. The van der Waals surface area contributed by atoms with Gasteiger partial charge in [0.1, 0.15) is 0 Å². The second kappa shape index (κ2) is 7.64. The lowest BCUT2D eigenvalue weighted by molar-refractivity contribution is 0.0653. The van der Waals surface area contributed by atoms with Gasteiger partial charge in [-0.25, -0.2) is 13.1 Å². The summed E-state index contributed by atoms with van der Waals surface area (Å²) in [6.07, 6.45) is 4.27. The number of pyridine rings is 1. The van der Waals surface area contributed by atoms with E-state index in [0.29, 0.717) is 19.6 Å². The Labute approximate surface area is 149 Å². The Morgan fingerprint density at radius 1 is 1.16 bits per heavy atom. The van der Waals surface area contributed by atoms with E-state index in [1.807, 2.05) is 18.3 Å². The minimum absolute atomic E-state index is 0.0187. The fourth-order valence-corrected chi connectivity index (χ4v) is 3.99. The van der Waals surface area contributed by atoms with E-state index >= 15 is 0 Å². The molecule has 134 valence electrons. The van der Waals surface area contributed by atoms with Crippen molar-refractivity contribution in [3.63, 3.8) is 0 Å². The SMILES string of the molecule is CC(C)S(=O)(=O)N[C@@H]1CCOCC1c1ccc(-c2cccnc2)cc1.